The molecule has 1 aliphatic carbocycles. The number of methoxy groups -OCH3 is 1. The number of rotatable bonds is 5. The van der Waals surface area contributed by atoms with Crippen LogP contribution in [0.2, 0.25) is 0 Å². The van der Waals surface area contributed by atoms with Gasteiger partial charge in [0.1, 0.15) is 0 Å². The summed E-state index contributed by atoms with van der Waals surface area (Å²) in [4.78, 5) is 15.0. The third kappa shape index (κ3) is 3.62. The molecule has 2 atom stereocenters. The van der Waals surface area contributed by atoms with Gasteiger partial charge in [0.25, 0.3) is 0 Å². The number of hydrogen-bond donors (Lipinski definition) is 1. The molecule has 0 saturated heterocycles. The van der Waals surface area contributed by atoms with Crippen molar-refractivity contribution in [1.29, 1.82) is 0 Å². The lowest BCUT2D eigenvalue weighted by molar-refractivity contribution is -0.384. The van der Waals surface area contributed by atoms with E-state index < -0.39 is 4.92 Å². The van der Waals surface area contributed by atoms with Crippen LogP contribution in [0.4, 0.5) is 11.5 Å². The summed E-state index contributed by atoms with van der Waals surface area (Å²) in [5.74, 6) is 1.77. The van der Waals surface area contributed by atoms with Gasteiger partial charge in [-0.15, -0.1) is 0 Å². The fraction of sp³-hybridized carbons (Fsp3) is 0.667. The molecule has 0 radical (unpaired) electrons. The van der Waals surface area contributed by atoms with E-state index in [1.54, 1.807) is 0 Å². The van der Waals surface area contributed by atoms with Crippen molar-refractivity contribution in [3.05, 3.63) is 22.2 Å². The summed E-state index contributed by atoms with van der Waals surface area (Å²) >= 11 is 0. The molecule has 0 aliphatic heterocycles. The maximum atomic E-state index is 11.2. The van der Waals surface area contributed by atoms with Gasteiger partial charge in [-0.1, -0.05) is 26.7 Å². The Kier molecular flexibility index (Phi) is 4.98. The molecule has 0 aromatic carbocycles. The molecule has 6 heteroatoms. The van der Waals surface area contributed by atoms with Gasteiger partial charge in [0.05, 0.1) is 12.0 Å². The van der Waals surface area contributed by atoms with E-state index >= 15 is 0 Å². The first-order valence-electron chi connectivity index (χ1n) is 7.49. The van der Waals surface area contributed by atoms with Gasteiger partial charge in [-0.25, -0.2) is 0 Å². The van der Waals surface area contributed by atoms with Crippen molar-refractivity contribution in [3.63, 3.8) is 0 Å². The van der Waals surface area contributed by atoms with E-state index in [0.29, 0.717) is 23.5 Å². The lowest BCUT2D eigenvalue weighted by atomic mass is 9.78. The molecule has 1 aromatic rings. The molecular formula is C15H23N3O3. The summed E-state index contributed by atoms with van der Waals surface area (Å²) in [6, 6.07) is 3.20. The Morgan fingerprint density at radius 2 is 2.10 bits per heavy atom. The highest BCUT2D eigenvalue weighted by molar-refractivity contribution is 5.57. The second-order valence-corrected chi connectivity index (χ2v) is 5.92. The second kappa shape index (κ2) is 6.74. The van der Waals surface area contributed by atoms with Crippen molar-refractivity contribution in [3.8, 4) is 5.88 Å². The van der Waals surface area contributed by atoms with Crippen molar-refractivity contribution in [2.45, 2.75) is 45.6 Å². The van der Waals surface area contributed by atoms with Crippen LogP contribution in [0, 0.1) is 22.0 Å². The van der Waals surface area contributed by atoms with E-state index in [1.807, 2.05) is 0 Å². The van der Waals surface area contributed by atoms with Crippen molar-refractivity contribution < 1.29 is 9.66 Å². The van der Waals surface area contributed by atoms with Crippen LogP contribution in [0.5, 0.6) is 5.88 Å². The maximum Gasteiger partial charge on any atom is 0.311 e. The summed E-state index contributed by atoms with van der Waals surface area (Å²) in [5.41, 5.74) is 0.00359. The van der Waals surface area contributed by atoms with Crippen LogP contribution < -0.4 is 10.1 Å². The zero-order valence-electron chi connectivity index (χ0n) is 12.8. The number of pyridine rings is 1. The van der Waals surface area contributed by atoms with E-state index in [1.165, 1.54) is 25.7 Å². The maximum absolute atomic E-state index is 11.2. The minimum absolute atomic E-state index is 0.00359. The number of hydrogen-bond acceptors (Lipinski definition) is 5. The molecule has 1 saturated carbocycles. The van der Waals surface area contributed by atoms with Crippen molar-refractivity contribution in [2.75, 3.05) is 12.4 Å². The Morgan fingerprint density at radius 1 is 1.38 bits per heavy atom. The van der Waals surface area contributed by atoms with Crippen LogP contribution in [-0.4, -0.2) is 23.1 Å². The van der Waals surface area contributed by atoms with Crippen molar-refractivity contribution in [2.24, 2.45) is 11.8 Å². The average molecular weight is 293 g/mol. The zero-order chi connectivity index (χ0) is 15.4. The van der Waals surface area contributed by atoms with Gasteiger partial charge < -0.3 is 10.1 Å². The van der Waals surface area contributed by atoms with Crippen LogP contribution in [0.25, 0.3) is 0 Å². The highest BCUT2D eigenvalue weighted by Crippen LogP contribution is 2.34. The number of ether oxygens (including phenoxy) is 1. The number of aromatic nitrogens is 1. The molecule has 6 nitrogen and oxygen atoms in total. The molecule has 1 heterocycles. The van der Waals surface area contributed by atoms with Gasteiger partial charge >= 0.3 is 5.69 Å². The largest absolute Gasteiger partial charge is 0.481 e. The van der Waals surface area contributed by atoms with Gasteiger partial charge in [-0.05, 0) is 24.7 Å². The minimum atomic E-state index is -0.401. The zero-order valence-corrected chi connectivity index (χ0v) is 12.8. The summed E-state index contributed by atoms with van der Waals surface area (Å²) in [6.45, 7) is 4.41. The Labute approximate surface area is 125 Å². The van der Waals surface area contributed by atoms with Crippen LogP contribution in [0.1, 0.15) is 39.5 Å². The monoisotopic (exact) mass is 293 g/mol. The fourth-order valence-electron chi connectivity index (χ4n) is 3.11. The second-order valence-electron chi connectivity index (χ2n) is 5.92. The number of anilines is 1. The lowest BCUT2D eigenvalue weighted by Crippen LogP contribution is -2.35. The first-order chi connectivity index (χ1) is 10.0. The van der Waals surface area contributed by atoms with Gasteiger partial charge in [0.15, 0.2) is 0 Å². The third-order valence-corrected chi connectivity index (χ3v) is 4.25. The van der Waals surface area contributed by atoms with Gasteiger partial charge in [-0.3, -0.25) is 10.1 Å². The van der Waals surface area contributed by atoms with Gasteiger partial charge in [0.2, 0.25) is 11.7 Å². The summed E-state index contributed by atoms with van der Waals surface area (Å²) in [5, 5.41) is 14.5. The predicted octanol–water partition coefficient (Wildman–Crippen LogP) is 3.63. The quantitative estimate of drug-likeness (QED) is 0.662. The first-order valence-corrected chi connectivity index (χ1v) is 7.49. The number of nitrogens with zero attached hydrogens (tertiary/aromatic N) is 2. The van der Waals surface area contributed by atoms with Crippen LogP contribution >= 0.6 is 0 Å². The molecule has 1 aliphatic rings. The van der Waals surface area contributed by atoms with Crippen molar-refractivity contribution in [1.82, 2.24) is 4.98 Å². The molecule has 0 spiro atoms. The van der Waals surface area contributed by atoms with Gasteiger partial charge in [0, 0.05) is 18.2 Å². The molecule has 2 rings (SSSR count). The minimum Gasteiger partial charge on any atom is -0.481 e. The Bertz CT molecular complexity index is 505. The summed E-state index contributed by atoms with van der Waals surface area (Å²) in [7, 11) is 1.51. The summed E-state index contributed by atoms with van der Waals surface area (Å²) in [6.07, 6.45) is 4.57. The number of nitrogens with one attached hydrogen (secondary N) is 1. The predicted molar refractivity (Wildman–Crippen MR) is 81.7 cm³/mol. The van der Waals surface area contributed by atoms with E-state index in [-0.39, 0.29) is 11.7 Å². The molecular weight excluding hydrogens is 270 g/mol. The molecule has 0 bridgehead atoms. The molecule has 1 aromatic heterocycles. The average Bonchev–Trinajstić information content (AvgIpc) is 2.47. The standard InChI is InChI=1S/C15H23N3O3/c1-10(2)11-6-4-5-7-12(11)16-15-13(18(19)20)8-9-14(17-15)21-3/h8-12H,4-7H2,1-3H3,(H,16,17). The lowest BCUT2D eigenvalue weighted by Gasteiger charge is -2.35. The molecule has 2 unspecified atom stereocenters. The normalized spacial score (nSPS) is 22.1. The van der Waals surface area contributed by atoms with E-state index in [0.717, 1.165) is 19.3 Å². The Hall–Kier alpha value is -1.85. The topological polar surface area (TPSA) is 77.3 Å². The molecule has 116 valence electrons. The van der Waals surface area contributed by atoms with Crippen LogP contribution in [-0.2, 0) is 0 Å². The highest BCUT2D eigenvalue weighted by atomic mass is 16.6. The fourth-order valence-corrected chi connectivity index (χ4v) is 3.11. The smallest absolute Gasteiger partial charge is 0.311 e. The Morgan fingerprint density at radius 3 is 2.71 bits per heavy atom. The van der Waals surface area contributed by atoms with Crippen LogP contribution in [0.3, 0.4) is 0 Å². The van der Waals surface area contributed by atoms with Gasteiger partial charge in [-0.2, -0.15) is 4.98 Å². The SMILES string of the molecule is COc1ccc([N+](=O)[O-])c(NC2CCCCC2C(C)C)n1. The molecule has 1 fully saturated rings. The molecule has 1 N–H and O–H groups in total. The molecule has 0 amide bonds. The van der Waals surface area contributed by atoms with E-state index in [4.69, 9.17) is 4.74 Å². The van der Waals surface area contributed by atoms with E-state index in [2.05, 4.69) is 24.1 Å². The summed E-state index contributed by atoms with van der Waals surface area (Å²) < 4.78 is 5.08. The highest BCUT2D eigenvalue weighted by Gasteiger charge is 2.29. The number of nitro groups is 1. The van der Waals surface area contributed by atoms with E-state index in [9.17, 15) is 10.1 Å². The van der Waals surface area contributed by atoms with Crippen molar-refractivity contribution >= 4 is 11.5 Å². The molecule has 21 heavy (non-hydrogen) atoms. The first kappa shape index (κ1) is 15.5. The Balaban J connectivity index is 2.25. The third-order valence-electron chi connectivity index (χ3n) is 4.25. The van der Waals surface area contributed by atoms with Crippen LogP contribution in [0.15, 0.2) is 12.1 Å².